The largest absolute Gasteiger partial charge is 0.394 e. The third-order valence-corrected chi connectivity index (χ3v) is 2.68. The van der Waals surface area contributed by atoms with Crippen molar-refractivity contribution in [2.75, 3.05) is 13.2 Å². The number of hydrogen-bond donors (Lipinski definition) is 3. The molecule has 0 aromatic heterocycles. The summed E-state index contributed by atoms with van der Waals surface area (Å²) in [6.45, 7) is 4.19. The second kappa shape index (κ2) is 5.11. The van der Waals surface area contributed by atoms with Crippen LogP contribution in [0, 0.1) is 11.8 Å². The van der Waals surface area contributed by atoms with Crippen LogP contribution in [0.2, 0.25) is 0 Å². The van der Waals surface area contributed by atoms with E-state index in [-0.39, 0.29) is 42.7 Å². The van der Waals surface area contributed by atoms with Crippen molar-refractivity contribution >= 4 is 11.8 Å². The first-order valence-electron chi connectivity index (χ1n) is 5.22. The minimum atomic E-state index is -0.287. The molecular weight excluding hydrogens is 196 g/mol. The molecule has 1 unspecified atom stereocenters. The summed E-state index contributed by atoms with van der Waals surface area (Å²) in [6.07, 6.45) is 0.252. The van der Waals surface area contributed by atoms with Crippen LogP contribution in [0.1, 0.15) is 20.3 Å². The summed E-state index contributed by atoms with van der Waals surface area (Å²) in [4.78, 5) is 22.6. The second-order valence-corrected chi connectivity index (χ2v) is 4.25. The van der Waals surface area contributed by atoms with Gasteiger partial charge in [-0.1, -0.05) is 13.8 Å². The van der Waals surface area contributed by atoms with Crippen LogP contribution in [0.25, 0.3) is 0 Å². The van der Waals surface area contributed by atoms with Crippen molar-refractivity contribution in [2.45, 2.75) is 26.3 Å². The maximum absolute atomic E-state index is 11.7. The summed E-state index contributed by atoms with van der Waals surface area (Å²) in [5.41, 5.74) is 0. The summed E-state index contributed by atoms with van der Waals surface area (Å²) < 4.78 is 0. The number of carbonyl (C=O) groups is 2. The van der Waals surface area contributed by atoms with Gasteiger partial charge in [0.05, 0.1) is 18.6 Å². The van der Waals surface area contributed by atoms with Crippen molar-refractivity contribution in [3.05, 3.63) is 0 Å². The summed E-state index contributed by atoms with van der Waals surface area (Å²) in [5, 5.41) is 14.4. The first kappa shape index (κ1) is 12.0. The molecule has 2 amide bonds. The molecule has 2 atom stereocenters. The minimum Gasteiger partial charge on any atom is -0.394 e. The number of nitrogens with one attached hydrogen (secondary N) is 2. The Bertz CT molecular complexity index is 253. The van der Waals surface area contributed by atoms with E-state index in [1.54, 1.807) is 0 Å². The van der Waals surface area contributed by atoms with Crippen LogP contribution in [0.5, 0.6) is 0 Å². The van der Waals surface area contributed by atoms with Gasteiger partial charge in [0.15, 0.2) is 0 Å². The molecule has 5 nitrogen and oxygen atoms in total. The van der Waals surface area contributed by atoms with Crippen LogP contribution in [0.15, 0.2) is 0 Å². The first-order chi connectivity index (χ1) is 7.04. The van der Waals surface area contributed by atoms with E-state index in [0.29, 0.717) is 6.54 Å². The quantitative estimate of drug-likeness (QED) is 0.576. The zero-order chi connectivity index (χ0) is 11.4. The van der Waals surface area contributed by atoms with Crippen molar-refractivity contribution in [3.63, 3.8) is 0 Å². The van der Waals surface area contributed by atoms with E-state index in [2.05, 4.69) is 10.6 Å². The molecule has 0 bridgehead atoms. The number of rotatable bonds is 4. The SMILES string of the molecule is CC(C)[C@@H](CO)NC(=O)C1CNC(=O)C1. The molecule has 0 aromatic carbocycles. The van der Waals surface area contributed by atoms with Gasteiger partial charge < -0.3 is 15.7 Å². The van der Waals surface area contributed by atoms with E-state index < -0.39 is 0 Å². The molecule has 1 fully saturated rings. The third-order valence-electron chi connectivity index (χ3n) is 2.68. The Morgan fingerprint density at radius 2 is 2.33 bits per heavy atom. The minimum absolute atomic E-state index is 0.0719. The van der Waals surface area contributed by atoms with Gasteiger partial charge in [0.25, 0.3) is 0 Å². The lowest BCUT2D eigenvalue weighted by Crippen LogP contribution is -2.44. The predicted molar refractivity (Wildman–Crippen MR) is 55.0 cm³/mol. The Morgan fingerprint density at radius 3 is 2.73 bits per heavy atom. The zero-order valence-electron chi connectivity index (χ0n) is 9.12. The van der Waals surface area contributed by atoms with Gasteiger partial charge >= 0.3 is 0 Å². The summed E-state index contributed by atoms with van der Waals surface area (Å²) in [7, 11) is 0. The lowest BCUT2D eigenvalue weighted by molar-refractivity contribution is -0.127. The topological polar surface area (TPSA) is 78.4 Å². The fourth-order valence-corrected chi connectivity index (χ4v) is 1.51. The Morgan fingerprint density at radius 1 is 1.67 bits per heavy atom. The van der Waals surface area contributed by atoms with Crippen molar-refractivity contribution in [1.29, 1.82) is 0 Å². The normalized spacial score (nSPS) is 22.7. The molecular formula is C10H18N2O3. The maximum Gasteiger partial charge on any atom is 0.225 e. The molecule has 15 heavy (non-hydrogen) atoms. The van der Waals surface area contributed by atoms with Gasteiger partial charge in [0.1, 0.15) is 0 Å². The highest BCUT2D eigenvalue weighted by Gasteiger charge is 2.29. The van der Waals surface area contributed by atoms with Crippen LogP contribution in [-0.2, 0) is 9.59 Å². The second-order valence-electron chi connectivity index (χ2n) is 4.25. The maximum atomic E-state index is 11.7. The molecule has 0 aromatic rings. The van der Waals surface area contributed by atoms with Gasteiger partial charge in [-0.15, -0.1) is 0 Å². The van der Waals surface area contributed by atoms with Crippen molar-refractivity contribution in [2.24, 2.45) is 11.8 Å². The number of aliphatic hydroxyl groups is 1. The Labute approximate surface area is 89.2 Å². The fourth-order valence-electron chi connectivity index (χ4n) is 1.51. The molecule has 1 rings (SSSR count). The Kier molecular flexibility index (Phi) is 4.08. The van der Waals surface area contributed by atoms with E-state index in [1.807, 2.05) is 13.8 Å². The van der Waals surface area contributed by atoms with Gasteiger partial charge in [0, 0.05) is 13.0 Å². The average Bonchev–Trinajstić information content (AvgIpc) is 2.60. The highest BCUT2D eigenvalue weighted by atomic mass is 16.3. The van der Waals surface area contributed by atoms with Gasteiger partial charge in [-0.25, -0.2) is 0 Å². The van der Waals surface area contributed by atoms with Crippen LogP contribution < -0.4 is 10.6 Å². The Balaban J connectivity index is 2.44. The summed E-state index contributed by atoms with van der Waals surface area (Å²) >= 11 is 0. The van der Waals surface area contributed by atoms with E-state index in [1.165, 1.54) is 0 Å². The summed E-state index contributed by atoms with van der Waals surface area (Å²) in [6, 6.07) is -0.229. The average molecular weight is 214 g/mol. The van der Waals surface area contributed by atoms with Gasteiger partial charge in [-0.3, -0.25) is 9.59 Å². The lowest BCUT2D eigenvalue weighted by Gasteiger charge is -2.21. The van der Waals surface area contributed by atoms with E-state index >= 15 is 0 Å². The Hall–Kier alpha value is -1.10. The highest BCUT2D eigenvalue weighted by molar-refractivity contribution is 5.89. The van der Waals surface area contributed by atoms with E-state index in [9.17, 15) is 9.59 Å². The number of carbonyl (C=O) groups excluding carboxylic acids is 2. The fraction of sp³-hybridized carbons (Fsp3) is 0.800. The third kappa shape index (κ3) is 3.20. The number of amides is 2. The number of aliphatic hydroxyl groups excluding tert-OH is 1. The molecule has 0 radical (unpaired) electrons. The van der Waals surface area contributed by atoms with Crippen LogP contribution in [0.3, 0.4) is 0 Å². The molecule has 5 heteroatoms. The van der Waals surface area contributed by atoms with E-state index in [0.717, 1.165) is 0 Å². The molecule has 1 heterocycles. The molecule has 1 aliphatic rings. The van der Waals surface area contributed by atoms with E-state index in [4.69, 9.17) is 5.11 Å². The lowest BCUT2D eigenvalue weighted by atomic mass is 10.0. The monoisotopic (exact) mass is 214 g/mol. The zero-order valence-corrected chi connectivity index (χ0v) is 9.12. The molecule has 0 spiro atoms. The molecule has 0 aliphatic carbocycles. The molecule has 1 saturated heterocycles. The predicted octanol–water partition coefficient (Wildman–Crippen LogP) is -0.744. The van der Waals surface area contributed by atoms with Gasteiger partial charge in [-0.2, -0.15) is 0 Å². The molecule has 3 N–H and O–H groups in total. The van der Waals surface area contributed by atoms with Crippen LogP contribution >= 0.6 is 0 Å². The van der Waals surface area contributed by atoms with Crippen molar-refractivity contribution in [3.8, 4) is 0 Å². The summed E-state index contributed by atoms with van der Waals surface area (Å²) in [5.74, 6) is -0.337. The number of hydrogen-bond acceptors (Lipinski definition) is 3. The van der Waals surface area contributed by atoms with Crippen molar-refractivity contribution in [1.82, 2.24) is 10.6 Å². The smallest absolute Gasteiger partial charge is 0.225 e. The van der Waals surface area contributed by atoms with Gasteiger partial charge in [-0.05, 0) is 5.92 Å². The molecule has 86 valence electrons. The van der Waals surface area contributed by atoms with Gasteiger partial charge in [0.2, 0.25) is 11.8 Å². The molecule has 0 saturated carbocycles. The highest BCUT2D eigenvalue weighted by Crippen LogP contribution is 2.10. The first-order valence-corrected chi connectivity index (χ1v) is 5.22. The van der Waals surface area contributed by atoms with Crippen molar-refractivity contribution < 1.29 is 14.7 Å². The van der Waals surface area contributed by atoms with Crippen LogP contribution in [0.4, 0.5) is 0 Å². The standard InChI is InChI=1S/C10H18N2O3/c1-6(2)8(5-13)12-10(15)7-3-9(14)11-4-7/h6-8,13H,3-5H2,1-2H3,(H,11,14)(H,12,15)/t7?,8-/m1/s1. The van der Waals surface area contributed by atoms with Crippen LogP contribution in [-0.4, -0.2) is 36.1 Å². The molecule has 1 aliphatic heterocycles.